The number of ether oxygens (including phenoxy) is 1. The van der Waals surface area contributed by atoms with Gasteiger partial charge in [0.25, 0.3) is 0 Å². The molecule has 0 aromatic carbocycles. The molecule has 5 nitrogen and oxygen atoms in total. The molecule has 1 amide bonds. The lowest BCUT2D eigenvalue weighted by molar-refractivity contribution is -0.123. The van der Waals surface area contributed by atoms with Crippen LogP contribution < -0.4 is 11.1 Å². The second-order valence-electron chi connectivity index (χ2n) is 4.87. The van der Waals surface area contributed by atoms with Gasteiger partial charge in [0, 0.05) is 26.2 Å². The monoisotopic (exact) mass is 257 g/mol. The predicted octanol–water partition coefficient (Wildman–Crippen LogP) is 0.198. The van der Waals surface area contributed by atoms with Crippen LogP contribution in [-0.4, -0.2) is 56.2 Å². The van der Waals surface area contributed by atoms with E-state index in [9.17, 15) is 4.79 Å². The first-order valence-electron chi connectivity index (χ1n) is 7.00. The molecule has 3 N–H and O–H groups in total. The van der Waals surface area contributed by atoms with Gasteiger partial charge >= 0.3 is 0 Å². The molecule has 0 aromatic heterocycles. The molecule has 106 valence electrons. The highest BCUT2D eigenvalue weighted by Crippen LogP contribution is 2.14. The number of hydrogen-bond donors (Lipinski definition) is 2. The number of hydrogen-bond acceptors (Lipinski definition) is 4. The Kier molecular flexibility index (Phi) is 7.23. The second-order valence-corrected chi connectivity index (χ2v) is 4.87. The molecule has 0 spiro atoms. The summed E-state index contributed by atoms with van der Waals surface area (Å²) in [5, 5.41) is 2.99. The Morgan fingerprint density at radius 3 is 2.89 bits per heavy atom. The van der Waals surface area contributed by atoms with Gasteiger partial charge in [0.2, 0.25) is 5.91 Å². The number of carbonyl (C=O) groups is 1. The average Bonchev–Trinajstić information content (AvgIpc) is 2.83. The molecule has 0 radical (unpaired) electrons. The third-order valence-corrected chi connectivity index (χ3v) is 3.48. The van der Waals surface area contributed by atoms with Crippen molar-refractivity contribution in [3.63, 3.8) is 0 Å². The van der Waals surface area contributed by atoms with Gasteiger partial charge in [-0.3, -0.25) is 4.79 Å². The summed E-state index contributed by atoms with van der Waals surface area (Å²) < 4.78 is 5.37. The Bertz CT molecular complexity index is 248. The lowest BCUT2D eigenvalue weighted by atomic mass is 10.1. The lowest BCUT2D eigenvalue weighted by Gasteiger charge is -2.16. The molecule has 1 aliphatic heterocycles. The molecule has 0 aliphatic carbocycles. The van der Waals surface area contributed by atoms with Gasteiger partial charge in [-0.25, -0.2) is 0 Å². The van der Waals surface area contributed by atoms with Crippen molar-refractivity contribution < 1.29 is 9.53 Å². The summed E-state index contributed by atoms with van der Waals surface area (Å²) in [5.41, 5.74) is 5.55. The van der Waals surface area contributed by atoms with Crippen molar-refractivity contribution in [2.75, 3.05) is 39.3 Å². The van der Waals surface area contributed by atoms with Crippen LogP contribution in [0.25, 0.3) is 0 Å². The third kappa shape index (κ3) is 5.33. The Balaban J connectivity index is 2.16. The van der Waals surface area contributed by atoms with Crippen molar-refractivity contribution in [2.45, 2.75) is 32.8 Å². The molecular weight excluding hydrogens is 230 g/mol. The molecule has 0 saturated carbocycles. The molecule has 1 saturated heterocycles. The summed E-state index contributed by atoms with van der Waals surface area (Å²) in [6, 6.07) is 0. The molecule has 1 fully saturated rings. The Labute approximate surface area is 110 Å². The van der Waals surface area contributed by atoms with E-state index in [-0.39, 0.29) is 12.0 Å². The summed E-state index contributed by atoms with van der Waals surface area (Å²) >= 11 is 0. The first-order valence-corrected chi connectivity index (χ1v) is 7.00. The molecule has 1 rings (SSSR count). The summed E-state index contributed by atoms with van der Waals surface area (Å²) in [7, 11) is 0. The van der Waals surface area contributed by atoms with Crippen molar-refractivity contribution in [2.24, 2.45) is 11.7 Å². The van der Waals surface area contributed by atoms with Crippen molar-refractivity contribution in [1.82, 2.24) is 10.2 Å². The number of carbonyl (C=O) groups excluding carboxylic acids is 1. The zero-order valence-corrected chi connectivity index (χ0v) is 11.7. The van der Waals surface area contributed by atoms with Gasteiger partial charge in [0.05, 0.1) is 12.5 Å². The van der Waals surface area contributed by atoms with E-state index in [0.29, 0.717) is 25.5 Å². The van der Waals surface area contributed by atoms with E-state index in [2.05, 4.69) is 17.1 Å². The van der Waals surface area contributed by atoms with Crippen molar-refractivity contribution in [1.29, 1.82) is 0 Å². The molecule has 0 bridgehead atoms. The SMILES string of the molecule is CCOC(CN)CC(=O)NCC1CCN(CC)C1. The highest BCUT2D eigenvalue weighted by atomic mass is 16.5. The number of nitrogens with two attached hydrogens (primary N) is 1. The number of nitrogens with one attached hydrogen (secondary N) is 1. The lowest BCUT2D eigenvalue weighted by Crippen LogP contribution is -2.35. The van der Waals surface area contributed by atoms with Crippen LogP contribution in [0.4, 0.5) is 0 Å². The summed E-state index contributed by atoms with van der Waals surface area (Å²) in [6.07, 6.45) is 1.40. The van der Waals surface area contributed by atoms with Crippen LogP contribution in [-0.2, 0) is 9.53 Å². The predicted molar refractivity (Wildman–Crippen MR) is 72.3 cm³/mol. The van der Waals surface area contributed by atoms with Crippen LogP contribution in [0.1, 0.15) is 26.7 Å². The Hall–Kier alpha value is -0.650. The molecule has 0 aromatic rings. The number of likely N-dealkylation sites (tertiary alicyclic amines) is 1. The first kappa shape index (κ1) is 15.4. The fourth-order valence-electron chi connectivity index (χ4n) is 2.35. The molecule has 2 atom stereocenters. The summed E-state index contributed by atoms with van der Waals surface area (Å²) in [4.78, 5) is 14.2. The number of amides is 1. The van der Waals surface area contributed by atoms with Crippen LogP contribution in [0.5, 0.6) is 0 Å². The van der Waals surface area contributed by atoms with Crippen LogP contribution in [0.2, 0.25) is 0 Å². The highest BCUT2D eigenvalue weighted by molar-refractivity contribution is 5.76. The van der Waals surface area contributed by atoms with Crippen LogP contribution in [0, 0.1) is 5.92 Å². The van der Waals surface area contributed by atoms with Gasteiger partial charge in [0.15, 0.2) is 0 Å². The van der Waals surface area contributed by atoms with Crippen LogP contribution >= 0.6 is 0 Å². The smallest absolute Gasteiger partial charge is 0.222 e. The average molecular weight is 257 g/mol. The second kappa shape index (κ2) is 8.45. The van der Waals surface area contributed by atoms with E-state index >= 15 is 0 Å². The molecule has 1 heterocycles. The first-order chi connectivity index (χ1) is 8.69. The maximum absolute atomic E-state index is 11.7. The normalized spacial score (nSPS) is 22.1. The largest absolute Gasteiger partial charge is 0.377 e. The quantitative estimate of drug-likeness (QED) is 0.652. The van der Waals surface area contributed by atoms with Crippen LogP contribution in [0.15, 0.2) is 0 Å². The standard InChI is InChI=1S/C13H27N3O2/c1-3-16-6-5-11(10-16)9-15-13(17)7-12(8-14)18-4-2/h11-12H,3-10,14H2,1-2H3,(H,15,17). The van der Waals surface area contributed by atoms with Gasteiger partial charge in [-0.05, 0) is 32.4 Å². The minimum Gasteiger partial charge on any atom is -0.377 e. The van der Waals surface area contributed by atoms with E-state index in [1.807, 2.05) is 6.92 Å². The third-order valence-electron chi connectivity index (χ3n) is 3.48. The molecular formula is C13H27N3O2. The van der Waals surface area contributed by atoms with Crippen LogP contribution in [0.3, 0.4) is 0 Å². The van der Waals surface area contributed by atoms with Gasteiger partial charge < -0.3 is 20.7 Å². The molecule has 5 heteroatoms. The maximum atomic E-state index is 11.7. The fraction of sp³-hybridized carbons (Fsp3) is 0.923. The van der Waals surface area contributed by atoms with Crippen molar-refractivity contribution in [3.8, 4) is 0 Å². The zero-order chi connectivity index (χ0) is 13.4. The topological polar surface area (TPSA) is 67.6 Å². The highest BCUT2D eigenvalue weighted by Gasteiger charge is 2.21. The van der Waals surface area contributed by atoms with E-state index < -0.39 is 0 Å². The maximum Gasteiger partial charge on any atom is 0.222 e. The molecule has 2 unspecified atom stereocenters. The fourth-order valence-corrected chi connectivity index (χ4v) is 2.35. The van der Waals surface area contributed by atoms with E-state index in [1.165, 1.54) is 6.42 Å². The molecule has 18 heavy (non-hydrogen) atoms. The van der Waals surface area contributed by atoms with E-state index in [0.717, 1.165) is 26.2 Å². The van der Waals surface area contributed by atoms with Crippen molar-refractivity contribution >= 4 is 5.91 Å². The Morgan fingerprint density at radius 2 is 2.33 bits per heavy atom. The summed E-state index contributed by atoms with van der Waals surface area (Å²) in [6.45, 7) is 9.22. The summed E-state index contributed by atoms with van der Waals surface area (Å²) in [5.74, 6) is 0.645. The van der Waals surface area contributed by atoms with Gasteiger partial charge in [0.1, 0.15) is 0 Å². The minimum absolute atomic E-state index is 0.0499. The van der Waals surface area contributed by atoms with E-state index in [1.54, 1.807) is 0 Å². The van der Waals surface area contributed by atoms with Gasteiger partial charge in [-0.2, -0.15) is 0 Å². The zero-order valence-electron chi connectivity index (χ0n) is 11.7. The van der Waals surface area contributed by atoms with Gasteiger partial charge in [-0.15, -0.1) is 0 Å². The van der Waals surface area contributed by atoms with Crippen molar-refractivity contribution in [3.05, 3.63) is 0 Å². The number of rotatable bonds is 8. The minimum atomic E-state index is -0.147. The Morgan fingerprint density at radius 1 is 1.56 bits per heavy atom. The van der Waals surface area contributed by atoms with E-state index in [4.69, 9.17) is 10.5 Å². The molecule has 1 aliphatic rings. The number of nitrogens with zero attached hydrogens (tertiary/aromatic N) is 1. The van der Waals surface area contributed by atoms with Gasteiger partial charge in [-0.1, -0.05) is 6.92 Å².